The summed E-state index contributed by atoms with van der Waals surface area (Å²) in [6.07, 6.45) is 22.7. The highest BCUT2D eigenvalue weighted by Crippen LogP contribution is 2.28. The molecule has 2 atom stereocenters. The van der Waals surface area contributed by atoms with Crippen molar-refractivity contribution in [1.82, 2.24) is 0 Å². The van der Waals surface area contributed by atoms with Crippen LogP contribution in [0.15, 0.2) is 0 Å². The summed E-state index contributed by atoms with van der Waals surface area (Å²) in [5.41, 5.74) is 2.81. The van der Waals surface area contributed by atoms with Crippen LogP contribution in [0.1, 0.15) is 351 Å². The molecule has 0 amide bonds. The zero-order valence-electron chi connectivity index (χ0n) is 53.6. The molecule has 402 valence electrons. The van der Waals surface area contributed by atoms with E-state index in [1.807, 2.05) is 0 Å². The van der Waals surface area contributed by atoms with Crippen LogP contribution in [0.4, 0.5) is 0 Å². The molecule has 0 aliphatic carbocycles. The summed E-state index contributed by atoms with van der Waals surface area (Å²) in [4.78, 5) is 0. The molecule has 1 unspecified atom stereocenters. The Bertz CT molecular complexity index is 729. The second-order valence-electron chi connectivity index (χ2n) is 25.9. The van der Waals surface area contributed by atoms with Gasteiger partial charge in [0.05, 0.1) is 0 Å². The van der Waals surface area contributed by atoms with Gasteiger partial charge < -0.3 is 0 Å². The van der Waals surface area contributed by atoms with Crippen LogP contribution >= 0.6 is 0 Å². The minimum Gasteiger partial charge on any atom is -0.0654 e. The molecule has 0 saturated carbocycles. The lowest BCUT2D eigenvalue weighted by atomic mass is 9.82. The smallest absolute Gasteiger partial charge is 0.0334 e. The van der Waals surface area contributed by atoms with Crippen LogP contribution in [0.5, 0.6) is 0 Å². The molecule has 0 aliphatic rings. The van der Waals surface area contributed by atoms with Gasteiger partial charge in [0.25, 0.3) is 0 Å². The molecule has 0 aromatic carbocycles. The minimum absolute atomic E-state index is 0.500. The molecule has 0 N–H and O–H groups in total. The highest BCUT2D eigenvalue weighted by atomic mass is 14.2. The Morgan fingerprint density at radius 3 is 0.672 bits per heavy atom. The van der Waals surface area contributed by atoms with E-state index < -0.39 is 0 Å². The van der Waals surface area contributed by atoms with E-state index in [1.165, 1.54) is 109 Å². The van der Waals surface area contributed by atoms with Crippen LogP contribution in [-0.2, 0) is 0 Å². The quantitative estimate of drug-likeness (QED) is 0.136. The Labute approximate surface area is 418 Å². The van der Waals surface area contributed by atoms with E-state index in [4.69, 9.17) is 0 Å². The molecule has 0 aliphatic heterocycles. The Kier molecular flexibility index (Phi) is 68.7. The fraction of sp³-hybridized carbons (Fsp3) is 1.00. The summed E-state index contributed by atoms with van der Waals surface area (Å²) >= 11 is 0. The standard InChI is InChI=1S/C8H18.8C7H16/c1-5-8(4,6-2)7-3;1-6(2)7(3,4)5;1-6(2)5-7(3)4;2*1-5-6-7(2,3)4;1-5-7(3,4)6-2;1-5-7(4)6(2)3;1-4-6-7(3)5-2;1-4-7(5-2)6-3/h5-7H2,1-4H3;6H,1-5H3;6-7H,5H2,1-4H3;3*5-6H2,1-4H3;6-7H,5H2,1-4H3;2*7H,4-6H2,1-3H3/t;;;;;;7-;;/m......0../s1. The molecular weight excluding hydrogens is 769 g/mol. The van der Waals surface area contributed by atoms with Crippen molar-refractivity contribution in [1.29, 1.82) is 0 Å². The van der Waals surface area contributed by atoms with Crippen LogP contribution in [0.25, 0.3) is 0 Å². The van der Waals surface area contributed by atoms with Crippen molar-refractivity contribution in [2.45, 2.75) is 351 Å². The van der Waals surface area contributed by atoms with Crippen LogP contribution < -0.4 is 0 Å². The molecule has 0 aromatic heterocycles. The van der Waals surface area contributed by atoms with E-state index in [2.05, 4.69) is 242 Å². The first kappa shape index (κ1) is 84.0. The normalized spacial score (nSPS) is 12.4. The Hall–Kier alpha value is 0. The van der Waals surface area contributed by atoms with Gasteiger partial charge in [-0.2, -0.15) is 0 Å². The lowest BCUT2D eigenvalue weighted by molar-refractivity contribution is 0.283. The predicted molar refractivity (Wildman–Crippen MR) is 314 cm³/mol. The first-order valence-electron chi connectivity index (χ1n) is 28.8. The van der Waals surface area contributed by atoms with Gasteiger partial charge in [-0.3, -0.25) is 0 Å². The largest absolute Gasteiger partial charge is 0.0654 e. The maximum absolute atomic E-state index is 2.35. The van der Waals surface area contributed by atoms with E-state index in [0.29, 0.717) is 27.1 Å². The molecule has 0 heteroatoms. The summed E-state index contributed by atoms with van der Waals surface area (Å²) in [5.74, 6) is 6.25. The van der Waals surface area contributed by atoms with E-state index in [1.54, 1.807) is 0 Å². The van der Waals surface area contributed by atoms with E-state index in [9.17, 15) is 0 Å². The minimum atomic E-state index is 0.500. The van der Waals surface area contributed by atoms with Crippen molar-refractivity contribution in [2.75, 3.05) is 0 Å². The van der Waals surface area contributed by atoms with E-state index >= 15 is 0 Å². The van der Waals surface area contributed by atoms with Crippen molar-refractivity contribution >= 4 is 0 Å². The maximum Gasteiger partial charge on any atom is -0.0334 e. The van der Waals surface area contributed by atoms with Gasteiger partial charge in [0.2, 0.25) is 0 Å². The van der Waals surface area contributed by atoms with Crippen molar-refractivity contribution in [2.24, 2.45) is 68.5 Å². The zero-order valence-corrected chi connectivity index (χ0v) is 53.6. The molecule has 0 spiro atoms. The second kappa shape index (κ2) is 52.4. The van der Waals surface area contributed by atoms with Crippen LogP contribution in [0, 0.1) is 68.5 Å². The monoisotopic (exact) mass is 915 g/mol. The lowest BCUT2D eigenvalue weighted by Gasteiger charge is -2.23. The molecule has 0 heterocycles. The molecule has 0 bridgehead atoms. The van der Waals surface area contributed by atoms with Crippen molar-refractivity contribution in [3.63, 3.8) is 0 Å². The van der Waals surface area contributed by atoms with Gasteiger partial charge in [0, 0.05) is 0 Å². The Morgan fingerprint density at radius 2 is 0.656 bits per heavy atom. The third kappa shape index (κ3) is 92.3. The summed E-state index contributed by atoms with van der Waals surface area (Å²) in [6.45, 7) is 79.4. The number of hydrogen-bond acceptors (Lipinski definition) is 0. The highest BCUT2D eigenvalue weighted by molar-refractivity contribution is 4.67. The van der Waals surface area contributed by atoms with Crippen LogP contribution in [0.2, 0.25) is 0 Å². The van der Waals surface area contributed by atoms with Crippen molar-refractivity contribution < 1.29 is 0 Å². The Morgan fingerprint density at radius 1 is 0.359 bits per heavy atom. The third-order valence-electron chi connectivity index (χ3n) is 14.1. The zero-order chi connectivity index (χ0) is 53.6. The van der Waals surface area contributed by atoms with Crippen molar-refractivity contribution in [3.8, 4) is 0 Å². The number of hydrogen-bond donors (Lipinski definition) is 0. The summed E-state index contributed by atoms with van der Waals surface area (Å²) < 4.78 is 0. The van der Waals surface area contributed by atoms with Gasteiger partial charge in [0.15, 0.2) is 0 Å². The summed E-state index contributed by atoms with van der Waals surface area (Å²) in [7, 11) is 0. The van der Waals surface area contributed by atoms with Crippen LogP contribution in [-0.4, -0.2) is 0 Å². The topological polar surface area (TPSA) is 0 Å². The van der Waals surface area contributed by atoms with Gasteiger partial charge in [0.1, 0.15) is 0 Å². The molecule has 0 radical (unpaired) electrons. The molecule has 64 heavy (non-hydrogen) atoms. The summed E-state index contributed by atoms with van der Waals surface area (Å²) in [5, 5.41) is 0. The average Bonchev–Trinajstić information content (AvgIpc) is 3.18. The molecule has 0 fully saturated rings. The highest BCUT2D eigenvalue weighted by Gasteiger charge is 2.15. The molecule has 0 saturated heterocycles. The van der Waals surface area contributed by atoms with Gasteiger partial charge in [-0.25, -0.2) is 0 Å². The second-order valence-corrected chi connectivity index (χ2v) is 25.9. The lowest BCUT2D eigenvalue weighted by Crippen LogP contribution is -2.12. The first-order chi connectivity index (χ1) is 28.8. The number of rotatable bonds is 17. The molecule has 0 aromatic rings. The summed E-state index contributed by atoms with van der Waals surface area (Å²) in [6, 6.07) is 0. The average molecular weight is 916 g/mol. The van der Waals surface area contributed by atoms with Gasteiger partial charge >= 0.3 is 0 Å². The maximum atomic E-state index is 2.35. The van der Waals surface area contributed by atoms with Gasteiger partial charge in [-0.15, -0.1) is 0 Å². The fourth-order valence-corrected chi connectivity index (χ4v) is 5.48. The van der Waals surface area contributed by atoms with Gasteiger partial charge in [-0.05, 0) is 87.8 Å². The SMILES string of the molecule is CC(C)C(C)(C)C.CC(C)CC(C)C.CCC(C)(C)CC.CCC(C)(CC)CC.CCC(CC)CC.CCCC(C)(C)C.CCCC(C)(C)C.CCCC(C)CC.CC[C@H](C)C(C)C. The van der Waals surface area contributed by atoms with Crippen LogP contribution in [0.3, 0.4) is 0 Å². The fourth-order valence-electron chi connectivity index (χ4n) is 5.48. The molecule has 0 nitrogen and oxygen atoms in total. The Balaban J connectivity index is -0.0000000760. The van der Waals surface area contributed by atoms with Crippen molar-refractivity contribution in [3.05, 3.63) is 0 Å². The molecule has 0 rings (SSSR count). The van der Waals surface area contributed by atoms with E-state index in [0.717, 1.165) is 41.4 Å². The molecular formula is C64H146. The first-order valence-corrected chi connectivity index (χ1v) is 28.8. The predicted octanol–water partition coefficient (Wildman–Crippen LogP) is 25.5. The van der Waals surface area contributed by atoms with Gasteiger partial charge in [-0.1, -0.05) is 332 Å². The van der Waals surface area contributed by atoms with E-state index in [-0.39, 0.29) is 0 Å². The third-order valence-corrected chi connectivity index (χ3v) is 14.1.